The monoisotopic (exact) mass is 210 g/mol. The Balaban J connectivity index is 3.03. The number of halogens is 1. The second-order valence-electron chi connectivity index (χ2n) is 2.74. The highest BCUT2D eigenvalue weighted by Crippen LogP contribution is 2.27. The fourth-order valence-corrected chi connectivity index (χ4v) is 1.43. The number of rotatable bonds is 3. The quantitative estimate of drug-likeness (QED) is 0.832. The normalized spacial score (nSPS) is 11.9. The number of methoxy groups -OCH3 is 1. The number of nitrogens with zero attached hydrogens (tertiary/aromatic N) is 1. The molecule has 0 aliphatic carbocycles. The van der Waals surface area contributed by atoms with Gasteiger partial charge in [0.2, 0.25) is 0 Å². The molecule has 0 heterocycles. The van der Waals surface area contributed by atoms with Gasteiger partial charge in [0.15, 0.2) is 0 Å². The summed E-state index contributed by atoms with van der Waals surface area (Å²) in [7, 11) is 3.28. The Kier molecular flexibility index (Phi) is 3.75. The van der Waals surface area contributed by atoms with Crippen molar-refractivity contribution < 1.29 is 4.74 Å². The fraction of sp³-hybridized carbons (Fsp3) is 0.300. The Morgan fingerprint density at radius 1 is 1.57 bits per heavy atom. The molecule has 14 heavy (non-hydrogen) atoms. The van der Waals surface area contributed by atoms with E-state index in [1.807, 2.05) is 6.07 Å². The van der Waals surface area contributed by atoms with Gasteiger partial charge in [-0.05, 0) is 24.7 Å². The molecule has 4 heteroatoms. The summed E-state index contributed by atoms with van der Waals surface area (Å²) in [5.41, 5.74) is 0.834. The van der Waals surface area contributed by atoms with Gasteiger partial charge in [-0.1, -0.05) is 17.7 Å². The van der Waals surface area contributed by atoms with Crippen molar-refractivity contribution in [1.82, 2.24) is 5.32 Å². The minimum atomic E-state index is -0.335. The second kappa shape index (κ2) is 4.85. The fourth-order valence-electron chi connectivity index (χ4n) is 1.17. The van der Waals surface area contributed by atoms with E-state index in [-0.39, 0.29) is 6.04 Å². The van der Waals surface area contributed by atoms with Crippen LogP contribution in [-0.2, 0) is 0 Å². The van der Waals surface area contributed by atoms with Crippen molar-refractivity contribution in [3.63, 3.8) is 0 Å². The first-order valence-electron chi connectivity index (χ1n) is 4.13. The van der Waals surface area contributed by atoms with Crippen LogP contribution in [0.25, 0.3) is 0 Å². The maximum atomic E-state index is 8.81. The van der Waals surface area contributed by atoms with E-state index < -0.39 is 0 Å². The van der Waals surface area contributed by atoms with Crippen LogP contribution < -0.4 is 10.1 Å². The molecule has 0 bridgehead atoms. The van der Waals surface area contributed by atoms with E-state index in [2.05, 4.69) is 11.4 Å². The van der Waals surface area contributed by atoms with Crippen LogP contribution in [0.4, 0.5) is 0 Å². The van der Waals surface area contributed by atoms with E-state index >= 15 is 0 Å². The van der Waals surface area contributed by atoms with Crippen LogP contribution in [0.2, 0.25) is 5.02 Å². The summed E-state index contributed by atoms with van der Waals surface area (Å²) in [6.07, 6.45) is 0. The van der Waals surface area contributed by atoms with Crippen molar-refractivity contribution in [3.8, 4) is 11.8 Å². The van der Waals surface area contributed by atoms with E-state index in [1.54, 1.807) is 26.3 Å². The first-order chi connectivity index (χ1) is 6.72. The lowest BCUT2D eigenvalue weighted by molar-refractivity contribution is 0.415. The molecule has 74 valence electrons. The maximum Gasteiger partial charge on any atom is 0.137 e. The highest BCUT2D eigenvalue weighted by Gasteiger charge is 2.09. The molecule has 1 atom stereocenters. The summed E-state index contributed by atoms with van der Waals surface area (Å²) < 4.78 is 5.01. The molecule has 0 fully saturated rings. The van der Waals surface area contributed by atoms with Gasteiger partial charge in [-0.15, -0.1) is 0 Å². The van der Waals surface area contributed by atoms with Crippen LogP contribution in [0.1, 0.15) is 11.6 Å². The third kappa shape index (κ3) is 2.16. The lowest BCUT2D eigenvalue weighted by Crippen LogP contribution is -2.13. The number of hydrogen-bond donors (Lipinski definition) is 1. The first-order valence-corrected chi connectivity index (χ1v) is 4.51. The lowest BCUT2D eigenvalue weighted by atomic mass is 10.1. The van der Waals surface area contributed by atoms with Crippen molar-refractivity contribution >= 4 is 11.6 Å². The Labute approximate surface area is 88.3 Å². The molecule has 0 saturated heterocycles. The summed E-state index contributed by atoms with van der Waals surface area (Å²) >= 11 is 5.93. The molecule has 0 aliphatic heterocycles. The zero-order chi connectivity index (χ0) is 10.6. The van der Waals surface area contributed by atoms with E-state index in [4.69, 9.17) is 21.6 Å². The molecule has 1 unspecified atom stereocenters. The van der Waals surface area contributed by atoms with Gasteiger partial charge in [0.05, 0.1) is 18.2 Å². The van der Waals surface area contributed by atoms with Gasteiger partial charge < -0.3 is 10.1 Å². The van der Waals surface area contributed by atoms with Crippen LogP contribution >= 0.6 is 11.6 Å². The van der Waals surface area contributed by atoms with Gasteiger partial charge in [0, 0.05) is 0 Å². The summed E-state index contributed by atoms with van der Waals surface area (Å²) in [6.45, 7) is 0. The third-order valence-electron chi connectivity index (χ3n) is 1.93. The van der Waals surface area contributed by atoms with Gasteiger partial charge >= 0.3 is 0 Å². The summed E-state index contributed by atoms with van der Waals surface area (Å²) in [5.74, 6) is 0.614. The highest BCUT2D eigenvalue weighted by atomic mass is 35.5. The molecule has 0 saturated carbocycles. The molecule has 0 aliphatic rings. The van der Waals surface area contributed by atoms with Crippen molar-refractivity contribution in [2.24, 2.45) is 0 Å². The summed E-state index contributed by atoms with van der Waals surface area (Å²) in [4.78, 5) is 0. The van der Waals surface area contributed by atoms with Crippen molar-refractivity contribution in [2.75, 3.05) is 14.2 Å². The van der Waals surface area contributed by atoms with E-state index in [9.17, 15) is 0 Å². The van der Waals surface area contributed by atoms with Crippen LogP contribution in [-0.4, -0.2) is 14.2 Å². The van der Waals surface area contributed by atoms with Gasteiger partial charge in [-0.2, -0.15) is 5.26 Å². The van der Waals surface area contributed by atoms with Crippen molar-refractivity contribution in [3.05, 3.63) is 28.8 Å². The zero-order valence-electron chi connectivity index (χ0n) is 8.04. The smallest absolute Gasteiger partial charge is 0.137 e. The molecule has 0 radical (unpaired) electrons. The summed E-state index contributed by atoms with van der Waals surface area (Å²) in [5, 5.41) is 12.2. The molecule has 0 spiro atoms. The lowest BCUT2D eigenvalue weighted by Gasteiger charge is -2.09. The molecule has 3 nitrogen and oxygen atoms in total. The molecule has 0 aromatic heterocycles. The van der Waals surface area contributed by atoms with Crippen LogP contribution in [0.15, 0.2) is 18.2 Å². The molecular weight excluding hydrogens is 200 g/mol. The Bertz CT molecular complexity index is 360. The molecule has 1 N–H and O–H groups in total. The average molecular weight is 211 g/mol. The number of hydrogen-bond acceptors (Lipinski definition) is 3. The zero-order valence-corrected chi connectivity index (χ0v) is 8.80. The Morgan fingerprint density at radius 3 is 2.71 bits per heavy atom. The topological polar surface area (TPSA) is 45.0 Å². The Hall–Kier alpha value is -1.24. The largest absolute Gasteiger partial charge is 0.495 e. The number of nitriles is 1. The van der Waals surface area contributed by atoms with Gasteiger partial charge in [-0.3, -0.25) is 0 Å². The molecule has 1 rings (SSSR count). The van der Waals surface area contributed by atoms with E-state index in [0.717, 1.165) is 5.56 Å². The van der Waals surface area contributed by atoms with Gasteiger partial charge in [-0.25, -0.2) is 0 Å². The minimum absolute atomic E-state index is 0.335. The standard InChI is InChI=1S/C10H11ClN2O/c1-13-9(6-12)7-3-4-10(14-2)8(11)5-7/h3-5,9,13H,1-2H3. The van der Waals surface area contributed by atoms with Crippen molar-refractivity contribution in [1.29, 1.82) is 5.26 Å². The summed E-state index contributed by atoms with van der Waals surface area (Å²) in [6, 6.07) is 7.08. The highest BCUT2D eigenvalue weighted by molar-refractivity contribution is 6.32. The molecular formula is C10H11ClN2O. The van der Waals surface area contributed by atoms with E-state index in [1.165, 1.54) is 0 Å². The van der Waals surface area contributed by atoms with Crippen molar-refractivity contribution in [2.45, 2.75) is 6.04 Å². The first kappa shape index (κ1) is 10.8. The van der Waals surface area contributed by atoms with Gasteiger partial charge in [0.1, 0.15) is 11.8 Å². The number of benzene rings is 1. The van der Waals surface area contributed by atoms with E-state index in [0.29, 0.717) is 10.8 Å². The predicted octanol–water partition coefficient (Wildman–Crippen LogP) is 2.13. The van der Waals surface area contributed by atoms with Crippen LogP contribution in [0.3, 0.4) is 0 Å². The molecule has 0 amide bonds. The van der Waals surface area contributed by atoms with Crippen LogP contribution in [0.5, 0.6) is 5.75 Å². The van der Waals surface area contributed by atoms with Gasteiger partial charge in [0.25, 0.3) is 0 Å². The number of ether oxygens (including phenoxy) is 1. The second-order valence-corrected chi connectivity index (χ2v) is 3.15. The SMILES string of the molecule is CNC(C#N)c1ccc(OC)c(Cl)c1. The number of nitrogens with one attached hydrogen (secondary N) is 1. The predicted molar refractivity (Wildman–Crippen MR) is 55.4 cm³/mol. The third-order valence-corrected chi connectivity index (χ3v) is 2.22. The Morgan fingerprint density at radius 2 is 2.29 bits per heavy atom. The molecule has 1 aromatic carbocycles. The molecule has 1 aromatic rings. The van der Waals surface area contributed by atoms with Crippen LogP contribution in [0, 0.1) is 11.3 Å². The average Bonchev–Trinajstić information content (AvgIpc) is 2.20. The minimum Gasteiger partial charge on any atom is -0.495 e. The maximum absolute atomic E-state index is 8.81.